The van der Waals surface area contributed by atoms with Gasteiger partial charge in [-0.15, -0.1) is 0 Å². The third-order valence-electron chi connectivity index (χ3n) is 4.84. The highest BCUT2D eigenvalue weighted by Gasteiger charge is 2.33. The van der Waals surface area contributed by atoms with Gasteiger partial charge in [0, 0.05) is 23.3 Å². The van der Waals surface area contributed by atoms with Crippen LogP contribution in [-0.4, -0.2) is 17.5 Å². The zero-order valence-corrected chi connectivity index (χ0v) is 12.2. The molecule has 19 heavy (non-hydrogen) atoms. The van der Waals surface area contributed by atoms with Crippen LogP contribution in [0.3, 0.4) is 0 Å². The Bertz CT molecular complexity index is 444. The zero-order chi connectivity index (χ0) is 13.2. The van der Waals surface area contributed by atoms with Gasteiger partial charge in [-0.2, -0.15) is 0 Å². The largest absolute Gasteiger partial charge is 0.398 e. The number of hydrogen-bond acceptors (Lipinski definition) is 2. The molecule has 0 radical (unpaired) electrons. The number of nitrogens with zero attached hydrogens (tertiary/aromatic N) is 1. The Labute approximate surface area is 120 Å². The van der Waals surface area contributed by atoms with Gasteiger partial charge in [-0.05, 0) is 55.8 Å². The van der Waals surface area contributed by atoms with Gasteiger partial charge in [-0.25, -0.2) is 0 Å². The highest BCUT2D eigenvalue weighted by atomic mass is 35.5. The molecule has 2 atom stereocenters. The summed E-state index contributed by atoms with van der Waals surface area (Å²) in [7, 11) is 0. The van der Waals surface area contributed by atoms with E-state index in [1.807, 2.05) is 12.1 Å². The lowest BCUT2D eigenvalue weighted by atomic mass is 9.78. The van der Waals surface area contributed by atoms with Crippen LogP contribution in [0.25, 0.3) is 0 Å². The Morgan fingerprint density at radius 1 is 1.16 bits per heavy atom. The highest BCUT2D eigenvalue weighted by Crippen LogP contribution is 2.36. The summed E-state index contributed by atoms with van der Waals surface area (Å²) in [5, 5.41) is 0.732. The van der Waals surface area contributed by atoms with E-state index in [0.29, 0.717) is 0 Å². The first-order valence-electron chi connectivity index (χ1n) is 7.52. The quantitative estimate of drug-likeness (QED) is 0.826. The number of nitrogens with two attached hydrogens (primary N) is 1. The summed E-state index contributed by atoms with van der Waals surface area (Å²) >= 11 is 5.98. The van der Waals surface area contributed by atoms with Crippen LogP contribution in [-0.2, 0) is 6.54 Å². The monoisotopic (exact) mass is 278 g/mol. The smallest absolute Gasteiger partial charge is 0.0426 e. The van der Waals surface area contributed by atoms with Gasteiger partial charge < -0.3 is 5.73 Å². The summed E-state index contributed by atoms with van der Waals surface area (Å²) < 4.78 is 0. The molecule has 1 heterocycles. The Morgan fingerprint density at radius 3 is 2.79 bits per heavy atom. The molecule has 2 N–H and O–H groups in total. The van der Waals surface area contributed by atoms with Gasteiger partial charge in [-0.1, -0.05) is 30.5 Å². The number of rotatable bonds is 2. The lowest BCUT2D eigenvalue weighted by Gasteiger charge is -2.44. The number of nitrogen functional groups attached to an aromatic ring is 1. The number of likely N-dealkylation sites (tertiary alicyclic amines) is 1. The number of halogens is 1. The molecule has 0 amide bonds. The van der Waals surface area contributed by atoms with E-state index in [1.54, 1.807) is 0 Å². The predicted octanol–water partition coefficient (Wildman–Crippen LogP) is 4.08. The maximum Gasteiger partial charge on any atom is 0.0426 e. The van der Waals surface area contributed by atoms with E-state index in [1.165, 1.54) is 50.6 Å². The van der Waals surface area contributed by atoms with Crippen LogP contribution in [0.2, 0.25) is 5.02 Å². The minimum Gasteiger partial charge on any atom is -0.398 e. The second-order valence-corrected chi connectivity index (χ2v) is 6.50. The second kappa shape index (κ2) is 5.72. The first kappa shape index (κ1) is 13.3. The summed E-state index contributed by atoms with van der Waals surface area (Å²) in [6, 6.07) is 6.70. The average Bonchev–Trinajstić information content (AvgIpc) is 2.42. The van der Waals surface area contributed by atoms with E-state index >= 15 is 0 Å². The molecule has 1 saturated carbocycles. The van der Waals surface area contributed by atoms with E-state index in [2.05, 4.69) is 11.0 Å². The van der Waals surface area contributed by atoms with Gasteiger partial charge in [0.05, 0.1) is 0 Å². The molecule has 0 bridgehead atoms. The van der Waals surface area contributed by atoms with Crippen LogP contribution in [0.15, 0.2) is 18.2 Å². The van der Waals surface area contributed by atoms with Crippen molar-refractivity contribution >= 4 is 17.3 Å². The Kier molecular flexibility index (Phi) is 3.99. The highest BCUT2D eigenvalue weighted by molar-refractivity contribution is 6.30. The van der Waals surface area contributed by atoms with Crippen LogP contribution in [0, 0.1) is 5.92 Å². The number of fused-ring (bicyclic) bond motifs is 1. The van der Waals surface area contributed by atoms with Crippen molar-refractivity contribution in [3.05, 3.63) is 28.8 Å². The van der Waals surface area contributed by atoms with Gasteiger partial charge >= 0.3 is 0 Å². The van der Waals surface area contributed by atoms with Crippen molar-refractivity contribution in [3.63, 3.8) is 0 Å². The van der Waals surface area contributed by atoms with Crippen LogP contribution < -0.4 is 5.73 Å². The fourth-order valence-corrected chi connectivity index (χ4v) is 4.03. The maximum atomic E-state index is 6.10. The van der Waals surface area contributed by atoms with Crippen molar-refractivity contribution in [2.24, 2.45) is 5.92 Å². The molecule has 1 aromatic carbocycles. The predicted molar refractivity (Wildman–Crippen MR) is 81.3 cm³/mol. The van der Waals surface area contributed by atoms with Crippen molar-refractivity contribution in [2.75, 3.05) is 12.3 Å². The molecule has 1 saturated heterocycles. The molecule has 2 fully saturated rings. The molecule has 104 valence electrons. The van der Waals surface area contributed by atoms with Crippen molar-refractivity contribution < 1.29 is 0 Å². The van der Waals surface area contributed by atoms with Gasteiger partial charge in [0.2, 0.25) is 0 Å². The van der Waals surface area contributed by atoms with Crippen LogP contribution >= 0.6 is 11.6 Å². The van der Waals surface area contributed by atoms with Crippen molar-refractivity contribution in [3.8, 4) is 0 Å². The Morgan fingerprint density at radius 2 is 1.95 bits per heavy atom. The summed E-state index contributed by atoms with van der Waals surface area (Å²) in [6.07, 6.45) is 8.40. The Balaban J connectivity index is 1.74. The third kappa shape index (κ3) is 2.90. The lowest BCUT2D eigenvalue weighted by molar-refractivity contribution is 0.0549. The molecule has 1 aliphatic carbocycles. The van der Waals surface area contributed by atoms with Crippen LogP contribution in [0.1, 0.15) is 44.1 Å². The van der Waals surface area contributed by atoms with Crippen LogP contribution in [0.5, 0.6) is 0 Å². The topological polar surface area (TPSA) is 29.3 Å². The van der Waals surface area contributed by atoms with Gasteiger partial charge in [0.25, 0.3) is 0 Å². The number of hydrogen-bond donors (Lipinski definition) is 1. The zero-order valence-electron chi connectivity index (χ0n) is 11.4. The van der Waals surface area contributed by atoms with E-state index in [0.717, 1.165) is 29.2 Å². The maximum absolute atomic E-state index is 6.10. The van der Waals surface area contributed by atoms with E-state index in [-0.39, 0.29) is 0 Å². The van der Waals surface area contributed by atoms with E-state index in [9.17, 15) is 0 Å². The number of anilines is 1. The summed E-state index contributed by atoms with van der Waals surface area (Å²) in [4.78, 5) is 2.66. The molecule has 3 heteroatoms. The lowest BCUT2D eigenvalue weighted by Crippen LogP contribution is -2.46. The first-order chi connectivity index (χ1) is 9.24. The van der Waals surface area contributed by atoms with E-state index in [4.69, 9.17) is 17.3 Å². The molecular weight excluding hydrogens is 256 g/mol. The molecule has 2 aliphatic rings. The fraction of sp³-hybridized carbons (Fsp3) is 0.625. The molecule has 2 nitrogen and oxygen atoms in total. The average molecular weight is 279 g/mol. The Hall–Kier alpha value is -0.730. The standard InChI is InChI=1S/C16H23ClN2/c17-14-8-7-13(15(18)10-14)11-19-9-3-5-12-4-1-2-6-16(12)19/h7-8,10,12,16H,1-6,9,11,18H2. The molecular formula is C16H23ClN2. The third-order valence-corrected chi connectivity index (χ3v) is 5.07. The second-order valence-electron chi connectivity index (χ2n) is 6.07. The van der Waals surface area contributed by atoms with Crippen LogP contribution in [0.4, 0.5) is 5.69 Å². The van der Waals surface area contributed by atoms with Gasteiger partial charge in [0.1, 0.15) is 0 Å². The van der Waals surface area contributed by atoms with Crippen molar-refractivity contribution in [1.29, 1.82) is 0 Å². The van der Waals surface area contributed by atoms with Gasteiger partial charge in [-0.3, -0.25) is 4.90 Å². The number of benzene rings is 1. The normalized spacial score (nSPS) is 28.1. The summed E-state index contributed by atoms with van der Waals surface area (Å²) in [5.41, 5.74) is 8.17. The molecule has 3 rings (SSSR count). The summed E-state index contributed by atoms with van der Waals surface area (Å²) in [5.74, 6) is 0.927. The van der Waals surface area contributed by atoms with Gasteiger partial charge in [0.15, 0.2) is 0 Å². The van der Waals surface area contributed by atoms with E-state index < -0.39 is 0 Å². The van der Waals surface area contributed by atoms with Crippen molar-refractivity contribution in [2.45, 2.75) is 51.1 Å². The molecule has 0 aromatic heterocycles. The molecule has 2 unspecified atom stereocenters. The molecule has 1 aromatic rings. The minimum absolute atomic E-state index is 0.732. The SMILES string of the molecule is Nc1cc(Cl)ccc1CN1CCCC2CCCCC21. The first-order valence-corrected chi connectivity index (χ1v) is 7.90. The molecule has 0 spiro atoms. The number of piperidine rings is 1. The fourth-order valence-electron chi connectivity index (χ4n) is 3.85. The summed E-state index contributed by atoms with van der Waals surface area (Å²) in [6.45, 7) is 2.22. The van der Waals surface area contributed by atoms with Crippen molar-refractivity contribution in [1.82, 2.24) is 4.90 Å². The molecule has 1 aliphatic heterocycles. The minimum atomic E-state index is 0.732.